The molecular weight excluding hydrogens is 262 g/mol. The van der Waals surface area contributed by atoms with E-state index in [-0.39, 0.29) is 12.2 Å². The van der Waals surface area contributed by atoms with Gasteiger partial charge in [-0.3, -0.25) is 0 Å². The molecule has 0 fully saturated rings. The Kier molecular flexibility index (Phi) is 5.86. The number of nitrogen functional groups attached to an aromatic ring is 1. The van der Waals surface area contributed by atoms with Crippen molar-refractivity contribution in [2.45, 2.75) is 6.92 Å². The fourth-order valence-corrected chi connectivity index (χ4v) is 1.62. The number of carbonyl (C=O) groups is 1. The summed E-state index contributed by atoms with van der Waals surface area (Å²) < 4.78 is 15.4. The van der Waals surface area contributed by atoms with Gasteiger partial charge in [0.25, 0.3) is 0 Å². The van der Waals surface area contributed by atoms with Gasteiger partial charge in [0.05, 0.1) is 26.4 Å². The maximum absolute atomic E-state index is 11.2. The highest BCUT2D eigenvalue weighted by Crippen LogP contribution is 2.33. The van der Waals surface area contributed by atoms with E-state index in [1.54, 1.807) is 19.1 Å². The van der Waals surface area contributed by atoms with E-state index in [2.05, 4.69) is 0 Å². The first-order valence-electron chi connectivity index (χ1n) is 6.06. The monoisotopic (exact) mass is 281 g/mol. The minimum Gasteiger partial charge on any atom is -0.494 e. The highest BCUT2D eigenvalue weighted by molar-refractivity contribution is 5.92. The van der Waals surface area contributed by atoms with Crippen molar-refractivity contribution in [1.29, 1.82) is 0 Å². The molecular formula is C14H19NO5. The van der Waals surface area contributed by atoms with Crippen LogP contribution in [0.25, 0.3) is 6.08 Å². The van der Waals surface area contributed by atoms with Gasteiger partial charge in [-0.2, -0.15) is 0 Å². The Bertz CT molecular complexity index is 485. The van der Waals surface area contributed by atoms with Crippen LogP contribution in [0.2, 0.25) is 0 Å². The maximum Gasteiger partial charge on any atom is 0.333 e. The summed E-state index contributed by atoms with van der Waals surface area (Å²) in [5, 5.41) is 9.13. The van der Waals surface area contributed by atoms with E-state index in [9.17, 15) is 4.79 Å². The van der Waals surface area contributed by atoms with Crippen molar-refractivity contribution in [3.63, 3.8) is 0 Å². The predicted octanol–water partition coefficient (Wildman–Crippen LogP) is 1.79. The number of aliphatic carboxylic acids is 1. The third kappa shape index (κ3) is 3.89. The predicted molar refractivity (Wildman–Crippen MR) is 76.1 cm³/mol. The number of carboxylic acid groups (broad SMARTS) is 1. The van der Waals surface area contributed by atoms with Crippen LogP contribution in [-0.4, -0.2) is 38.5 Å². The Labute approximate surface area is 117 Å². The summed E-state index contributed by atoms with van der Waals surface area (Å²) in [7, 11) is 2.97. The van der Waals surface area contributed by atoms with Crippen molar-refractivity contribution in [3.8, 4) is 11.5 Å². The highest BCUT2D eigenvalue weighted by Gasteiger charge is 2.11. The van der Waals surface area contributed by atoms with Crippen LogP contribution in [0.15, 0.2) is 17.7 Å². The van der Waals surface area contributed by atoms with Gasteiger partial charge in [0.1, 0.15) is 17.2 Å². The van der Waals surface area contributed by atoms with Crippen molar-refractivity contribution < 1.29 is 24.1 Å². The van der Waals surface area contributed by atoms with Crippen LogP contribution in [0.5, 0.6) is 11.5 Å². The third-order valence-electron chi connectivity index (χ3n) is 2.64. The average Bonchev–Trinajstić information content (AvgIpc) is 2.44. The van der Waals surface area contributed by atoms with Crippen LogP contribution >= 0.6 is 0 Å². The summed E-state index contributed by atoms with van der Waals surface area (Å²) in [6, 6.07) is 3.29. The van der Waals surface area contributed by atoms with E-state index in [4.69, 9.17) is 25.1 Å². The lowest BCUT2D eigenvalue weighted by Gasteiger charge is -2.11. The molecule has 0 bridgehead atoms. The average molecular weight is 281 g/mol. The Hall–Kier alpha value is -2.21. The van der Waals surface area contributed by atoms with Crippen molar-refractivity contribution in [2.24, 2.45) is 0 Å². The van der Waals surface area contributed by atoms with E-state index < -0.39 is 5.97 Å². The number of nitrogens with two attached hydrogens (primary N) is 1. The van der Waals surface area contributed by atoms with E-state index in [1.807, 2.05) is 0 Å². The maximum atomic E-state index is 11.2. The minimum atomic E-state index is -1.03. The topological polar surface area (TPSA) is 91.0 Å². The first-order chi connectivity index (χ1) is 9.53. The number of benzene rings is 1. The molecule has 0 aromatic heterocycles. The van der Waals surface area contributed by atoms with Gasteiger partial charge in [-0.25, -0.2) is 4.79 Å². The Morgan fingerprint density at radius 3 is 2.25 bits per heavy atom. The molecule has 110 valence electrons. The molecule has 0 unspecified atom stereocenters. The standard InChI is InChI=1S/C14H19NO5/c1-4-20-8-10(14(16)17)5-9-6-11(18-2)13(15)12(7-9)19-3/h5-7H,4,8,15H2,1-3H3,(H,16,17)/b10-5+. The second-order valence-electron chi connectivity index (χ2n) is 3.95. The van der Waals surface area contributed by atoms with Crippen molar-refractivity contribution >= 4 is 17.7 Å². The minimum absolute atomic E-state index is 0.0286. The quantitative estimate of drug-likeness (QED) is 0.585. The largest absolute Gasteiger partial charge is 0.494 e. The lowest BCUT2D eigenvalue weighted by molar-refractivity contribution is -0.133. The van der Waals surface area contributed by atoms with Gasteiger partial charge in [-0.1, -0.05) is 0 Å². The van der Waals surface area contributed by atoms with Crippen LogP contribution in [-0.2, 0) is 9.53 Å². The molecule has 0 radical (unpaired) electrons. The van der Waals surface area contributed by atoms with Gasteiger partial charge >= 0.3 is 5.97 Å². The smallest absolute Gasteiger partial charge is 0.333 e. The molecule has 0 amide bonds. The molecule has 0 aliphatic rings. The second kappa shape index (κ2) is 7.40. The summed E-state index contributed by atoms with van der Waals surface area (Å²) in [5.74, 6) is -0.179. The Morgan fingerprint density at radius 2 is 1.85 bits per heavy atom. The Balaban J connectivity index is 3.19. The fraction of sp³-hybridized carbons (Fsp3) is 0.357. The van der Waals surface area contributed by atoms with Crippen LogP contribution < -0.4 is 15.2 Å². The van der Waals surface area contributed by atoms with Gasteiger partial charge in [0, 0.05) is 6.61 Å². The van der Waals surface area contributed by atoms with Gasteiger partial charge in [-0.15, -0.1) is 0 Å². The molecule has 1 rings (SSSR count). The van der Waals surface area contributed by atoms with Crippen LogP contribution in [0, 0.1) is 0 Å². The summed E-state index contributed by atoms with van der Waals surface area (Å²) in [4.78, 5) is 11.2. The van der Waals surface area contributed by atoms with E-state index in [1.165, 1.54) is 20.3 Å². The molecule has 1 aromatic carbocycles. The van der Waals surface area contributed by atoms with Crippen LogP contribution in [0.3, 0.4) is 0 Å². The molecule has 0 spiro atoms. The van der Waals surface area contributed by atoms with E-state index >= 15 is 0 Å². The van der Waals surface area contributed by atoms with Gasteiger partial charge in [-0.05, 0) is 30.7 Å². The number of rotatable bonds is 7. The highest BCUT2D eigenvalue weighted by atomic mass is 16.5. The molecule has 0 saturated heterocycles. The first kappa shape index (κ1) is 15.8. The van der Waals surface area contributed by atoms with E-state index in [0.29, 0.717) is 29.4 Å². The van der Waals surface area contributed by atoms with Gasteiger partial charge in [0.2, 0.25) is 0 Å². The fourth-order valence-electron chi connectivity index (χ4n) is 1.62. The lowest BCUT2D eigenvalue weighted by atomic mass is 10.1. The van der Waals surface area contributed by atoms with Crippen LogP contribution in [0.4, 0.5) is 5.69 Å². The van der Waals surface area contributed by atoms with Crippen molar-refractivity contribution in [2.75, 3.05) is 33.2 Å². The summed E-state index contributed by atoms with van der Waals surface area (Å²) in [5.41, 5.74) is 6.96. The summed E-state index contributed by atoms with van der Waals surface area (Å²) in [6.45, 7) is 2.27. The molecule has 0 heterocycles. The SMILES string of the molecule is CCOC/C(=C\c1cc(OC)c(N)c(OC)c1)C(=O)O. The number of carboxylic acids is 1. The third-order valence-corrected chi connectivity index (χ3v) is 2.64. The second-order valence-corrected chi connectivity index (χ2v) is 3.95. The summed E-state index contributed by atoms with van der Waals surface area (Å²) >= 11 is 0. The lowest BCUT2D eigenvalue weighted by Crippen LogP contribution is -2.08. The molecule has 0 atom stereocenters. The van der Waals surface area contributed by atoms with Gasteiger partial charge in [0.15, 0.2) is 0 Å². The van der Waals surface area contributed by atoms with Crippen molar-refractivity contribution in [1.82, 2.24) is 0 Å². The number of hydrogen-bond donors (Lipinski definition) is 2. The molecule has 3 N–H and O–H groups in total. The zero-order chi connectivity index (χ0) is 15.1. The number of anilines is 1. The zero-order valence-electron chi connectivity index (χ0n) is 11.8. The number of methoxy groups -OCH3 is 2. The Morgan fingerprint density at radius 1 is 1.30 bits per heavy atom. The van der Waals surface area contributed by atoms with Crippen molar-refractivity contribution in [3.05, 3.63) is 23.3 Å². The van der Waals surface area contributed by atoms with Crippen LogP contribution in [0.1, 0.15) is 12.5 Å². The molecule has 0 saturated carbocycles. The molecule has 0 aliphatic heterocycles. The summed E-state index contributed by atoms with van der Waals surface area (Å²) in [6.07, 6.45) is 1.50. The molecule has 0 aliphatic carbocycles. The molecule has 1 aromatic rings. The first-order valence-corrected chi connectivity index (χ1v) is 6.06. The normalized spacial score (nSPS) is 11.2. The zero-order valence-corrected chi connectivity index (χ0v) is 11.8. The molecule has 6 nitrogen and oxygen atoms in total. The van der Waals surface area contributed by atoms with E-state index in [0.717, 1.165) is 0 Å². The van der Waals surface area contributed by atoms with Gasteiger partial charge < -0.3 is 25.1 Å². The molecule has 6 heteroatoms. The number of ether oxygens (including phenoxy) is 3. The number of hydrogen-bond acceptors (Lipinski definition) is 5. The molecule has 20 heavy (non-hydrogen) atoms.